The lowest BCUT2D eigenvalue weighted by Crippen LogP contribution is -2.46. The third-order valence-corrected chi connectivity index (χ3v) is 5.65. The second-order valence-corrected chi connectivity index (χ2v) is 7.73. The van der Waals surface area contributed by atoms with Gasteiger partial charge < -0.3 is 23.8 Å². The third kappa shape index (κ3) is 3.48. The van der Waals surface area contributed by atoms with Crippen LogP contribution in [0.5, 0.6) is 0 Å². The maximum atomic E-state index is 12.3. The first-order chi connectivity index (χ1) is 11.3. The van der Waals surface area contributed by atoms with Crippen LogP contribution in [-0.4, -0.2) is 82.9 Å². The van der Waals surface area contributed by atoms with E-state index >= 15 is 0 Å². The number of ether oxygens (including phenoxy) is 4. The zero-order chi connectivity index (χ0) is 17.5. The molecule has 0 spiro atoms. The average Bonchev–Trinajstić information content (AvgIpc) is 3.13. The van der Waals surface area contributed by atoms with Gasteiger partial charge >= 0.3 is 7.82 Å². The lowest BCUT2D eigenvalue weighted by Gasteiger charge is -2.31. The van der Waals surface area contributed by atoms with Gasteiger partial charge in [0.1, 0.15) is 33.5 Å². The smallest absolute Gasteiger partial charge is 0.382 e. The molecule has 8 atom stereocenters. The zero-order valence-corrected chi connectivity index (χ0v) is 14.6. The Bertz CT molecular complexity index is 510. The van der Waals surface area contributed by atoms with Crippen molar-refractivity contribution in [3.63, 3.8) is 0 Å². The highest BCUT2D eigenvalue weighted by atomic mass is 31.2. The Morgan fingerprint density at radius 2 is 2.17 bits per heavy atom. The van der Waals surface area contributed by atoms with Gasteiger partial charge in [-0.3, -0.25) is 9.05 Å². The predicted octanol–water partition coefficient (Wildman–Crippen LogP) is -0.141. The minimum Gasteiger partial charge on any atom is -0.382 e. The molecule has 2 bridgehead atoms. The van der Waals surface area contributed by atoms with Gasteiger partial charge in [0.25, 0.3) is 0 Å². The van der Waals surface area contributed by atoms with Crippen LogP contribution >= 0.6 is 7.82 Å². The molecule has 0 amide bonds. The van der Waals surface area contributed by atoms with E-state index in [9.17, 15) is 9.46 Å². The van der Waals surface area contributed by atoms with Crippen molar-refractivity contribution < 1.29 is 37.5 Å². The van der Waals surface area contributed by atoms with E-state index in [-0.39, 0.29) is 19.3 Å². The summed E-state index contributed by atoms with van der Waals surface area (Å²) in [6.07, 6.45) is -0.908. The average molecular weight is 358 g/mol. The number of phosphoric ester groups is 1. The van der Waals surface area contributed by atoms with Crippen LogP contribution in [0.25, 0.3) is 0 Å². The molecule has 0 aliphatic carbocycles. The van der Waals surface area contributed by atoms with Crippen LogP contribution in [0.15, 0.2) is 0 Å². The van der Waals surface area contributed by atoms with Gasteiger partial charge in [-0.25, -0.2) is 4.57 Å². The van der Waals surface area contributed by atoms with Crippen LogP contribution in [0, 0.1) is 0 Å². The first-order valence-corrected chi connectivity index (χ1v) is 9.44. The molecule has 1 N–H and O–H groups in total. The summed E-state index contributed by atoms with van der Waals surface area (Å²) in [5, 5.41) is 0. The molecule has 8 unspecified atom stereocenters. The summed E-state index contributed by atoms with van der Waals surface area (Å²) < 4.78 is 44.6. The Morgan fingerprint density at radius 1 is 1.42 bits per heavy atom. The fraction of sp³-hybridized carbons (Fsp3) is 1.00. The highest BCUT2D eigenvalue weighted by molar-refractivity contribution is 7.47. The number of phosphoric acid groups is 1. The maximum Gasteiger partial charge on any atom is 0.472 e. The lowest BCUT2D eigenvalue weighted by molar-refractivity contribution is -0.138. The van der Waals surface area contributed by atoms with Crippen molar-refractivity contribution in [1.82, 2.24) is 0 Å². The highest BCUT2D eigenvalue weighted by Crippen LogP contribution is 2.50. The van der Waals surface area contributed by atoms with Crippen molar-refractivity contribution in [2.75, 3.05) is 20.3 Å². The topological polar surface area (TPSA) is 92.7 Å². The van der Waals surface area contributed by atoms with Gasteiger partial charge in [-0.15, -0.1) is 0 Å². The first kappa shape index (κ1) is 18.9. The summed E-state index contributed by atoms with van der Waals surface area (Å²) in [6.45, 7) is 1.81. The Kier molecular flexibility index (Phi) is 5.50. The molecule has 11 heteroatoms. The molecule has 3 fully saturated rings. The number of hydrogen-bond acceptors (Lipinski definition) is 7. The van der Waals surface area contributed by atoms with Gasteiger partial charge in [0.15, 0.2) is 0 Å². The second kappa shape index (κ2) is 7.00. The number of methoxy groups -OCH3 is 1. The zero-order valence-electron chi connectivity index (χ0n) is 13.7. The van der Waals surface area contributed by atoms with Crippen molar-refractivity contribution >= 4 is 23.5 Å². The molecule has 0 aromatic rings. The van der Waals surface area contributed by atoms with Crippen molar-refractivity contribution in [2.24, 2.45) is 0 Å². The lowest BCUT2D eigenvalue weighted by atomic mass is 9.92. The summed E-state index contributed by atoms with van der Waals surface area (Å²) in [5.41, 5.74) is -1.02. The monoisotopic (exact) mass is 358 g/mol. The first-order valence-electron chi connectivity index (χ1n) is 7.95. The van der Waals surface area contributed by atoms with Gasteiger partial charge in [-0.1, -0.05) is 6.92 Å². The van der Waals surface area contributed by atoms with Gasteiger partial charge in [0, 0.05) is 19.1 Å². The van der Waals surface area contributed by atoms with Gasteiger partial charge in [0.2, 0.25) is 0 Å². The van der Waals surface area contributed by atoms with Crippen molar-refractivity contribution in [3.05, 3.63) is 0 Å². The quantitative estimate of drug-likeness (QED) is 0.497. The molecule has 0 aromatic carbocycles. The van der Waals surface area contributed by atoms with Crippen LogP contribution in [0.2, 0.25) is 0 Å². The highest BCUT2D eigenvalue weighted by Gasteiger charge is 2.61. The molecule has 3 rings (SSSR count). The van der Waals surface area contributed by atoms with E-state index in [0.717, 1.165) is 0 Å². The molecule has 8 nitrogen and oxygen atoms in total. The molecule has 3 aliphatic rings. The van der Waals surface area contributed by atoms with Gasteiger partial charge in [-0.05, 0) is 12.8 Å². The van der Waals surface area contributed by atoms with Gasteiger partial charge in [0.05, 0.1) is 25.4 Å². The van der Waals surface area contributed by atoms with E-state index in [0.29, 0.717) is 12.8 Å². The predicted molar refractivity (Wildman–Crippen MR) is 83.9 cm³/mol. The maximum absolute atomic E-state index is 12.3. The molecule has 132 valence electrons. The fourth-order valence-corrected chi connectivity index (χ4v) is 4.54. The van der Waals surface area contributed by atoms with E-state index in [1.54, 1.807) is 0 Å². The van der Waals surface area contributed by atoms with E-state index < -0.39 is 43.7 Å². The minimum absolute atomic E-state index is 0.166. The Hall–Kier alpha value is 0.0799. The SMILES string of the molecule is [B]C1CC(OP(=O)(O)OCC23COC(C([B])O2)C3OC)C(CC)O1. The summed E-state index contributed by atoms with van der Waals surface area (Å²) in [7, 11) is 8.69. The van der Waals surface area contributed by atoms with E-state index in [4.69, 9.17) is 43.7 Å². The summed E-state index contributed by atoms with van der Waals surface area (Å²) in [4.78, 5) is 10.0. The second-order valence-electron chi connectivity index (χ2n) is 6.32. The molecule has 0 saturated carbocycles. The Balaban J connectivity index is 1.60. The van der Waals surface area contributed by atoms with Crippen LogP contribution in [-0.2, 0) is 32.6 Å². The van der Waals surface area contributed by atoms with Crippen molar-refractivity contribution in [1.29, 1.82) is 0 Å². The van der Waals surface area contributed by atoms with E-state index in [1.165, 1.54) is 7.11 Å². The molecule has 0 aromatic heterocycles. The van der Waals surface area contributed by atoms with E-state index in [1.807, 2.05) is 6.92 Å². The third-order valence-electron chi connectivity index (χ3n) is 4.66. The van der Waals surface area contributed by atoms with Crippen LogP contribution < -0.4 is 0 Å². The van der Waals surface area contributed by atoms with Crippen molar-refractivity contribution in [3.8, 4) is 0 Å². The Labute approximate surface area is 143 Å². The molecule has 3 heterocycles. The summed E-state index contributed by atoms with van der Waals surface area (Å²) >= 11 is 0. The summed E-state index contributed by atoms with van der Waals surface area (Å²) in [5.74, 6) is 0. The molecule has 3 saturated heterocycles. The molecule has 24 heavy (non-hydrogen) atoms. The number of fused-ring (bicyclic) bond motifs is 2. The van der Waals surface area contributed by atoms with Crippen LogP contribution in [0.3, 0.4) is 0 Å². The number of hydrogen-bond donors (Lipinski definition) is 1. The molecule has 4 radical (unpaired) electrons. The minimum atomic E-state index is -4.33. The largest absolute Gasteiger partial charge is 0.472 e. The molecular weight excluding hydrogens is 337 g/mol. The van der Waals surface area contributed by atoms with E-state index in [2.05, 4.69) is 0 Å². The molecular formula is C13H21B2O8P. The number of rotatable bonds is 7. The Morgan fingerprint density at radius 3 is 2.79 bits per heavy atom. The summed E-state index contributed by atoms with van der Waals surface area (Å²) in [6, 6.07) is -1.19. The molecule has 3 aliphatic heterocycles. The van der Waals surface area contributed by atoms with Crippen LogP contribution in [0.4, 0.5) is 0 Å². The standard InChI is InChI=1S/C13H21B2O8P/c1-3-7-8(4-9(14)21-7)23-24(16,17)20-6-13-5-19-10(11(13)18-2)12(15)22-13/h7-12H,3-6H2,1-2H3,(H,16,17). The van der Waals surface area contributed by atoms with Gasteiger partial charge in [-0.2, -0.15) is 0 Å². The fourth-order valence-electron chi connectivity index (χ4n) is 3.53. The van der Waals surface area contributed by atoms with Crippen molar-refractivity contribution in [2.45, 2.75) is 61.8 Å². The normalized spacial score (nSPS) is 47.1. The van der Waals surface area contributed by atoms with Crippen LogP contribution in [0.1, 0.15) is 19.8 Å².